The molecule has 198 valence electrons. The number of nitrogens with one attached hydrogen (secondary N) is 1. The van der Waals surface area contributed by atoms with Crippen molar-refractivity contribution >= 4 is 79.1 Å². The molecule has 0 radical (unpaired) electrons. The van der Waals surface area contributed by atoms with Crippen molar-refractivity contribution in [1.29, 1.82) is 0 Å². The minimum Gasteiger partial charge on any atom is -0.454 e. The Hall–Kier alpha value is -3.07. The number of aromatic nitrogens is 4. The summed E-state index contributed by atoms with van der Waals surface area (Å²) in [5.74, 6) is 0.806. The summed E-state index contributed by atoms with van der Waals surface area (Å²) in [6.07, 6.45) is 5.82. The van der Waals surface area contributed by atoms with E-state index in [0.29, 0.717) is 36.6 Å². The summed E-state index contributed by atoms with van der Waals surface area (Å²) in [5, 5.41) is 4.03. The van der Waals surface area contributed by atoms with Crippen LogP contribution in [0.25, 0.3) is 21.1 Å². The second kappa shape index (κ2) is 12.9. The van der Waals surface area contributed by atoms with E-state index in [0.717, 1.165) is 21.1 Å². The first-order valence-electron chi connectivity index (χ1n) is 10.2. The van der Waals surface area contributed by atoms with Crippen LogP contribution in [-0.4, -0.2) is 44.7 Å². The molecule has 0 unspecified atom stereocenters. The van der Waals surface area contributed by atoms with E-state index in [1.807, 2.05) is 29.0 Å². The second-order valence-electron chi connectivity index (χ2n) is 7.35. The van der Waals surface area contributed by atoms with Gasteiger partial charge in [0.05, 0.1) is 28.1 Å². The van der Waals surface area contributed by atoms with Crippen molar-refractivity contribution in [3.8, 4) is 11.5 Å². The van der Waals surface area contributed by atoms with Gasteiger partial charge in [-0.05, 0) is 41.9 Å². The molecule has 0 spiro atoms. The van der Waals surface area contributed by atoms with Crippen LogP contribution in [0.2, 0.25) is 0 Å². The molecule has 0 aliphatic rings. The maximum atomic E-state index is 14.8. The van der Waals surface area contributed by atoms with Gasteiger partial charge in [-0.15, -0.1) is 24.8 Å². The molecule has 3 heterocycles. The number of nitrogens with zero attached hydrogens (tertiary/aromatic N) is 4. The second-order valence-corrected chi connectivity index (χ2v) is 9.65. The van der Waals surface area contributed by atoms with Crippen molar-refractivity contribution in [3.63, 3.8) is 0 Å². The Morgan fingerprint density at radius 3 is 2.62 bits per heavy atom. The zero-order valence-corrected chi connectivity index (χ0v) is 22.5. The van der Waals surface area contributed by atoms with Gasteiger partial charge >= 0.3 is 0 Å². The van der Waals surface area contributed by atoms with Gasteiger partial charge in [0.15, 0.2) is 17.4 Å². The number of rotatable bonds is 6. The van der Waals surface area contributed by atoms with Gasteiger partial charge < -0.3 is 20.4 Å². The van der Waals surface area contributed by atoms with Gasteiger partial charge in [0, 0.05) is 31.0 Å². The molecule has 3 aromatic heterocycles. The molecule has 10 nitrogen and oxygen atoms in total. The van der Waals surface area contributed by atoms with Gasteiger partial charge in [-0.25, -0.2) is 14.4 Å². The van der Waals surface area contributed by atoms with Crippen molar-refractivity contribution < 1.29 is 22.1 Å². The lowest BCUT2D eigenvalue weighted by Crippen LogP contribution is -2.10. The molecule has 5 rings (SSSR count). The van der Waals surface area contributed by atoms with Crippen molar-refractivity contribution in [2.45, 2.75) is 6.54 Å². The third kappa shape index (κ3) is 7.71. The smallest absolute Gasteiger partial charge is 0.261 e. The van der Waals surface area contributed by atoms with Crippen LogP contribution in [0.5, 0.6) is 11.5 Å². The molecule has 0 fully saturated rings. The summed E-state index contributed by atoms with van der Waals surface area (Å²) in [7, 11) is -3.67. The van der Waals surface area contributed by atoms with Gasteiger partial charge in [-0.3, -0.25) is 4.55 Å². The molecule has 0 atom stereocenters. The Balaban J connectivity index is 0.000000631. The fraction of sp³-hybridized carbons (Fsp3) is 0.136. The molecule has 0 saturated carbocycles. The third-order valence-corrected chi connectivity index (χ3v) is 5.46. The van der Waals surface area contributed by atoms with Gasteiger partial charge in [-0.2, -0.15) is 12.8 Å². The van der Waals surface area contributed by atoms with Crippen LogP contribution < -0.4 is 15.8 Å². The molecule has 37 heavy (non-hydrogen) atoms. The molecule has 0 saturated heterocycles. The third-order valence-electron chi connectivity index (χ3n) is 4.69. The number of ether oxygens (including phenoxy) is 1. The molecule has 2 aromatic carbocycles. The molecule has 0 bridgehead atoms. The molecule has 0 aliphatic carbocycles. The normalized spacial score (nSPS) is 10.7. The zero-order valence-electron chi connectivity index (χ0n) is 19.2. The van der Waals surface area contributed by atoms with Crippen molar-refractivity contribution in [1.82, 2.24) is 18.9 Å². The summed E-state index contributed by atoms with van der Waals surface area (Å²) in [6, 6.07) is 12.2. The number of fused-ring (bicyclic) bond motifs is 2. The molecular formula is C22H23Cl2FN6O4S2. The Kier molecular flexibility index (Phi) is 10.5. The average Bonchev–Trinajstić information content (AvgIpc) is 3.43. The van der Waals surface area contributed by atoms with Crippen LogP contribution in [0.1, 0.15) is 0 Å². The highest BCUT2D eigenvalue weighted by molar-refractivity contribution is 7.85. The van der Waals surface area contributed by atoms with Gasteiger partial charge in [0.2, 0.25) is 0 Å². The zero-order chi connectivity index (χ0) is 25.0. The van der Waals surface area contributed by atoms with Crippen LogP contribution in [0.15, 0.2) is 61.2 Å². The van der Waals surface area contributed by atoms with E-state index in [1.54, 1.807) is 24.4 Å². The maximum Gasteiger partial charge on any atom is 0.261 e. The maximum absolute atomic E-state index is 14.8. The quantitative estimate of drug-likeness (QED) is 0.232. The summed E-state index contributed by atoms with van der Waals surface area (Å²) in [6.45, 7) is 1.13. The highest BCUT2D eigenvalue weighted by Crippen LogP contribution is 2.34. The van der Waals surface area contributed by atoms with E-state index >= 15 is 0 Å². The summed E-state index contributed by atoms with van der Waals surface area (Å²) >= 11 is 1.37. The number of anilines is 2. The summed E-state index contributed by atoms with van der Waals surface area (Å²) < 4.78 is 53.6. The van der Waals surface area contributed by atoms with Crippen LogP contribution in [-0.2, 0) is 16.7 Å². The Morgan fingerprint density at radius 1 is 1.16 bits per heavy atom. The van der Waals surface area contributed by atoms with Crippen LogP contribution in [0, 0.1) is 5.82 Å². The average molecular weight is 590 g/mol. The van der Waals surface area contributed by atoms with Crippen LogP contribution >= 0.6 is 36.3 Å². The monoisotopic (exact) mass is 588 g/mol. The van der Waals surface area contributed by atoms with Gasteiger partial charge in [0.25, 0.3) is 10.1 Å². The summed E-state index contributed by atoms with van der Waals surface area (Å²) in [4.78, 5) is 8.60. The standard InChI is InChI=1S/C21H17FN6OS.CH4O3S.2ClH/c22-15-10-13(27-21-20-16(24-12-25-21)6-8-28(20)9-7-23)4-5-18(15)29-17-2-1-3-19-14(17)11-26-30-19;1-5(2,3)4;;/h1-6,8,10-12H,7,9,23H2,(H,24,25,27);1H3,(H,2,3,4);2*1H. The van der Waals surface area contributed by atoms with Crippen molar-refractivity contribution in [3.05, 3.63) is 67.0 Å². The largest absolute Gasteiger partial charge is 0.454 e. The Morgan fingerprint density at radius 2 is 1.92 bits per heavy atom. The van der Waals surface area contributed by atoms with Gasteiger partial charge in [0.1, 0.15) is 17.6 Å². The van der Waals surface area contributed by atoms with E-state index in [9.17, 15) is 12.8 Å². The first-order chi connectivity index (χ1) is 16.7. The first-order valence-corrected chi connectivity index (χ1v) is 12.9. The summed E-state index contributed by atoms with van der Waals surface area (Å²) in [5.41, 5.74) is 7.85. The lowest BCUT2D eigenvalue weighted by atomic mass is 10.2. The highest BCUT2D eigenvalue weighted by Gasteiger charge is 2.13. The van der Waals surface area contributed by atoms with E-state index in [-0.39, 0.29) is 30.6 Å². The lowest BCUT2D eigenvalue weighted by molar-refractivity contribution is 0.447. The molecule has 5 aromatic rings. The SMILES string of the molecule is CS(=O)(=O)O.Cl.Cl.NCCn1ccc2ncnc(Nc3ccc(Oc4cccc5sncc45)c(F)c3)c21. The fourth-order valence-corrected chi connectivity index (χ4v) is 3.98. The van der Waals surface area contributed by atoms with Crippen molar-refractivity contribution in [2.75, 3.05) is 18.1 Å². The predicted molar refractivity (Wildman–Crippen MR) is 148 cm³/mol. The number of hydrogen-bond donors (Lipinski definition) is 3. The minimum absolute atomic E-state index is 0. The highest BCUT2D eigenvalue weighted by atomic mass is 35.5. The van der Waals surface area contributed by atoms with E-state index in [4.69, 9.17) is 15.0 Å². The minimum atomic E-state index is -3.67. The number of halogens is 3. The Labute approximate surface area is 228 Å². The lowest BCUT2D eigenvalue weighted by Gasteiger charge is -2.12. The topological polar surface area (TPSA) is 145 Å². The fourth-order valence-electron chi connectivity index (χ4n) is 3.32. The molecule has 0 amide bonds. The molecular weight excluding hydrogens is 566 g/mol. The van der Waals surface area contributed by atoms with Crippen molar-refractivity contribution in [2.24, 2.45) is 5.73 Å². The number of benzene rings is 2. The predicted octanol–water partition coefficient (Wildman–Crippen LogP) is 5.02. The van der Waals surface area contributed by atoms with E-state index in [2.05, 4.69) is 19.7 Å². The first kappa shape index (κ1) is 30.2. The number of nitrogens with two attached hydrogens (primary N) is 1. The number of hydrogen-bond acceptors (Lipinski definition) is 9. The van der Waals surface area contributed by atoms with Gasteiger partial charge in [-0.1, -0.05) is 6.07 Å². The van der Waals surface area contributed by atoms with E-state index in [1.165, 1.54) is 23.9 Å². The van der Waals surface area contributed by atoms with Crippen LogP contribution in [0.4, 0.5) is 15.9 Å². The van der Waals surface area contributed by atoms with E-state index < -0.39 is 15.9 Å². The van der Waals surface area contributed by atoms with Crippen LogP contribution in [0.3, 0.4) is 0 Å². The molecule has 0 aliphatic heterocycles. The molecule has 4 N–H and O–H groups in total. The molecule has 15 heteroatoms. The Bertz CT molecular complexity index is 1590.